The van der Waals surface area contributed by atoms with Gasteiger partial charge in [0.1, 0.15) is 0 Å². The van der Waals surface area contributed by atoms with E-state index in [9.17, 15) is 18.4 Å². The van der Waals surface area contributed by atoms with E-state index in [1.807, 2.05) is 0 Å². The maximum atomic E-state index is 12.4. The highest BCUT2D eigenvalue weighted by Crippen LogP contribution is 2.28. The molecule has 20 heavy (non-hydrogen) atoms. The van der Waals surface area contributed by atoms with E-state index < -0.39 is 23.2 Å². The Bertz CT molecular complexity index is 506. The Balaban J connectivity index is 2.90. The topological polar surface area (TPSA) is 66.4 Å². The Kier molecular flexibility index (Phi) is 5.50. The standard InChI is InChI=1S/C13H15F2NO3S/c1-13(2,7-10(17)18)16-11(19)8-5-3-4-6-9(8)20-12(14)15/h3-6,12H,7H2,1-2H3,(H,16,19)(H,17,18). The fourth-order valence-corrected chi connectivity index (χ4v) is 2.29. The molecule has 0 saturated heterocycles. The Hall–Kier alpha value is -1.63. The van der Waals surface area contributed by atoms with Crippen LogP contribution < -0.4 is 5.32 Å². The molecule has 0 fully saturated rings. The second-order valence-corrected chi connectivity index (χ2v) is 5.82. The van der Waals surface area contributed by atoms with Gasteiger partial charge in [-0.25, -0.2) is 0 Å². The largest absolute Gasteiger partial charge is 0.481 e. The van der Waals surface area contributed by atoms with Gasteiger partial charge in [0.25, 0.3) is 11.7 Å². The molecule has 110 valence electrons. The minimum absolute atomic E-state index is 0.108. The predicted molar refractivity (Wildman–Crippen MR) is 72.1 cm³/mol. The summed E-state index contributed by atoms with van der Waals surface area (Å²) in [5.41, 5.74) is -0.859. The lowest BCUT2D eigenvalue weighted by Crippen LogP contribution is -2.45. The molecule has 0 radical (unpaired) electrons. The molecule has 0 aliphatic carbocycles. The van der Waals surface area contributed by atoms with Crippen LogP contribution in [0.1, 0.15) is 30.6 Å². The number of thioether (sulfide) groups is 1. The van der Waals surface area contributed by atoms with Gasteiger partial charge in [0, 0.05) is 10.4 Å². The van der Waals surface area contributed by atoms with E-state index in [2.05, 4.69) is 5.32 Å². The molecule has 0 spiro atoms. The molecular weight excluding hydrogens is 288 g/mol. The number of hydrogen-bond donors (Lipinski definition) is 2. The van der Waals surface area contributed by atoms with Gasteiger partial charge in [-0.05, 0) is 26.0 Å². The first-order chi connectivity index (χ1) is 9.21. The summed E-state index contributed by atoms with van der Waals surface area (Å²) in [5.74, 6) is -4.25. The number of benzene rings is 1. The molecule has 1 rings (SSSR count). The molecule has 0 saturated carbocycles. The minimum Gasteiger partial charge on any atom is -0.481 e. The first-order valence-electron chi connectivity index (χ1n) is 5.79. The third-order valence-corrected chi connectivity index (χ3v) is 3.18. The molecule has 0 bridgehead atoms. The first-order valence-corrected chi connectivity index (χ1v) is 6.67. The number of alkyl halides is 2. The zero-order valence-corrected chi connectivity index (χ0v) is 11.8. The lowest BCUT2D eigenvalue weighted by atomic mass is 10.00. The summed E-state index contributed by atoms with van der Waals surface area (Å²) in [6.07, 6.45) is -0.261. The van der Waals surface area contributed by atoms with Crippen molar-refractivity contribution in [2.24, 2.45) is 0 Å². The fourth-order valence-electron chi connectivity index (χ4n) is 1.65. The van der Waals surface area contributed by atoms with Gasteiger partial charge in [-0.3, -0.25) is 9.59 Å². The number of rotatable bonds is 6. The molecule has 0 unspecified atom stereocenters. The number of halogens is 2. The van der Waals surface area contributed by atoms with Crippen LogP contribution in [-0.2, 0) is 4.79 Å². The van der Waals surface area contributed by atoms with Crippen molar-refractivity contribution in [3.63, 3.8) is 0 Å². The van der Waals surface area contributed by atoms with E-state index in [1.165, 1.54) is 12.1 Å². The number of carboxylic acids is 1. The minimum atomic E-state index is -2.63. The number of carbonyl (C=O) groups is 2. The first kappa shape index (κ1) is 16.4. The number of carbonyl (C=O) groups excluding carboxylic acids is 1. The van der Waals surface area contributed by atoms with Crippen LogP contribution in [0.5, 0.6) is 0 Å². The maximum absolute atomic E-state index is 12.4. The molecule has 1 aromatic rings. The second-order valence-electron chi connectivity index (χ2n) is 4.78. The van der Waals surface area contributed by atoms with E-state index >= 15 is 0 Å². The van der Waals surface area contributed by atoms with Crippen LogP contribution >= 0.6 is 11.8 Å². The highest BCUT2D eigenvalue weighted by Gasteiger charge is 2.25. The molecule has 0 aromatic heterocycles. The molecule has 0 aliphatic heterocycles. The van der Waals surface area contributed by atoms with E-state index in [4.69, 9.17) is 5.11 Å². The number of amides is 1. The van der Waals surface area contributed by atoms with E-state index in [0.29, 0.717) is 0 Å². The number of carboxylic acid groups (broad SMARTS) is 1. The zero-order chi connectivity index (χ0) is 15.3. The maximum Gasteiger partial charge on any atom is 0.305 e. The summed E-state index contributed by atoms with van der Waals surface area (Å²) in [6, 6.07) is 5.98. The molecule has 0 atom stereocenters. The van der Waals surface area contributed by atoms with Crippen LogP contribution in [0.25, 0.3) is 0 Å². The molecule has 7 heteroatoms. The van der Waals surface area contributed by atoms with Crippen LogP contribution in [-0.4, -0.2) is 28.3 Å². The van der Waals surface area contributed by atoms with Crippen molar-refractivity contribution in [1.29, 1.82) is 0 Å². The molecule has 4 nitrogen and oxygen atoms in total. The smallest absolute Gasteiger partial charge is 0.305 e. The van der Waals surface area contributed by atoms with Crippen molar-refractivity contribution in [1.82, 2.24) is 5.32 Å². The Morgan fingerprint density at radius 2 is 1.95 bits per heavy atom. The number of nitrogens with one attached hydrogen (secondary N) is 1. The van der Waals surface area contributed by atoms with Crippen molar-refractivity contribution in [3.8, 4) is 0 Å². The monoisotopic (exact) mass is 303 g/mol. The highest BCUT2D eigenvalue weighted by molar-refractivity contribution is 7.99. The van der Waals surface area contributed by atoms with Crippen LogP contribution in [0, 0.1) is 0 Å². The second kappa shape index (κ2) is 6.69. The van der Waals surface area contributed by atoms with Gasteiger partial charge in [0.15, 0.2) is 0 Å². The Labute approximate surface area is 119 Å². The third kappa shape index (κ3) is 5.16. The summed E-state index contributed by atoms with van der Waals surface area (Å²) < 4.78 is 24.9. The lowest BCUT2D eigenvalue weighted by Gasteiger charge is -2.24. The van der Waals surface area contributed by atoms with Crippen molar-refractivity contribution in [2.45, 2.75) is 36.5 Å². The lowest BCUT2D eigenvalue weighted by molar-refractivity contribution is -0.138. The highest BCUT2D eigenvalue weighted by atomic mass is 32.2. The van der Waals surface area contributed by atoms with Crippen LogP contribution in [0.4, 0.5) is 8.78 Å². The van der Waals surface area contributed by atoms with E-state index in [1.54, 1.807) is 26.0 Å². The van der Waals surface area contributed by atoms with Gasteiger partial charge in [0.05, 0.1) is 12.0 Å². The van der Waals surface area contributed by atoms with Gasteiger partial charge in [-0.15, -0.1) is 0 Å². The SMILES string of the molecule is CC(C)(CC(=O)O)NC(=O)c1ccccc1SC(F)F. The van der Waals surface area contributed by atoms with Crippen molar-refractivity contribution >= 4 is 23.6 Å². The van der Waals surface area contributed by atoms with E-state index in [0.717, 1.165) is 0 Å². The summed E-state index contributed by atoms with van der Waals surface area (Å²) in [4.78, 5) is 22.9. The average Bonchev–Trinajstić information content (AvgIpc) is 2.25. The predicted octanol–water partition coefficient (Wildman–Crippen LogP) is 2.98. The summed E-state index contributed by atoms with van der Waals surface area (Å²) in [7, 11) is 0. The van der Waals surface area contributed by atoms with Crippen LogP contribution in [0.2, 0.25) is 0 Å². The van der Waals surface area contributed by atoms with Crippen molar-refractivity contribution in [2.75, 3.05) is 0 Å². The molecule has 2 N–H and O–H groups in total. The fraction of sp³-hybridized carbons (Fsp3) is 0.385. The van der Waals surface area contributed by atoms with Crippen LogP contribution in [0.15, 0.2) is 29.2 Å². The van der Waals surface area contributed by atoms with Gasteiger partial charge in [-0.2, -0.15) is 8.78 Å². The molecular formula is C13H15F2NO3S. The Morgan fingerprint density at radius 1 is 1.35 bits per heavy atom. The number of aliphatic carboxylic acids is 1. The summed E-state index contributed by atoms with van der Waals surface area (Å²) in [5, 5.41) is 11.3. The molecule has 0 heterocycles. The van der Waals surface area contributed by atoms with Crippen molar-refractivity contribution < 1.29 is 23.5 Å². The van der Waals surface area contributed by atoms with E-state index in [-0.39, 0.29) is 28.6 Å². The summed E-state index contributed by atoms with van der Waals surface area (Å²) in [6.45, 7) is 3.11. The molecule has 1 aromatic carbocycles. The average molecular weight is 303 g/mol. The Morgan fingerprint density at radius 3 is 2.50 bits per heavy atom. The number of hydrogen-bond acceptors (Lipinski definition) is 3. The zero-order valence-electron chi connectivity index (χ0n) is 11.0. The molecule has 1 amide bonds. The summed E-state index contributed by atoms with van der Waals surface area (Å²) >= 11 is 0.283. The van der Waals surface area contributed by atoms with Gasteiger partial charge < -0.3 is 10.4 Å². The quantitative estimate of drug-likeness (QED) is 0.793. The van der Waals surface area contributed by atoms with Gasteiger partial charge >= 0.3 is 5.97 Å². The van der Waals surface area contributed by atoms with Gasteiger partial charge in [0.2, 0.25) is 0 Å². The third-order valence-electron chi connectivity index (χ3n) is 2.39. The van der Waals surface area contributed by atoms with Gasteiger partial charge in [-0.1, -0.05) is 23.9 Å². The van der Waals surface area contributed by atoms with Crippen LogP contribution in [0.3, 0.4) is 0 Å². The van der Waals surface area contributed by atoms with Crippen molar-refractivity contribution in [3.05, 3.63) is 29.8 Å². The normalized spacial score (nSPS) is 11.4. The molecule has 0 aliphatic rings.